The molecule has 2 amide bonds. The molecule has 6 nitrogen and oxygen atoms in total. The summed E-state index contributed by atoms with van der Waals surface area (Å²) in [6, 6.07) is 6.01. The lowest BCUT2D eigenvalue weighted by molar-refractivity contribution is -0.121. The number of hydrogen-bond acceptors (Lipinski definition) is 4. The van der Waals surface area contributed by atoms with Gasteiger partial charge in [-0.3, -0.25) is 14.5 Å². The summed E-state index contributed by atoms with van der Waals surface area (Å²) in [4.78, 5) is 24.8. The summed E-state index contributed by atoms with van der Waals surface area (Å²) in [7, 11) is -3.57. The van der Waals surface area contributed by atoms with Gasteiger partial charge in [-0.15, -0.1) is 0 Å². The number of carbonyl (C=O) groups excluding carboxylic acids is 2. The van der Waals surface area contributed by atoms with E-state index in [0.717, 1.165) is 24.2 Å². The van der Waals surface area contributed by atoms with Gasteiger partial charge in [0.2, 0.25) is 21.8 Å². The van der Waals surface area contributed by atoms with Crippen molar-refractivity contribution in [1.82, 2.24) is 4.72 Å². The minimum Gasteiger partial charge on any atom is -0.274 e. The Balaban J connectivity index is 1.51. The summed E-state index contributed by atoms with van der Waals surface area (Å²) in [6.45, 7) is 0. The average Bonchev–Trinajstić information content (AvgIpc) is 3.23. The molecule has 1 N–H and O–H groups in total. The van der Waals surface area contributed by atoms with E-state index in [4.69, 9.17) is 0 Å². The molecule has 2 aliphatic carbocycles. The molecule has 7 heteroatoms. The molecule has 2 saturated carbocycles. The van der Waals surface area contributed by atoms with Gasteiger partial charge in [0.15, 0.2) is 0 Å². The molecule has 2 bridgehead atoms. The van der Waals surface area contributed by atoms with E-state index >= 15 is 0 Å². The molecule has 1 heterocycles. The van der Waals surface area contributed by atoms with Crippen LogP contribution in [0.5, 0.6) is 0 Å². The standard InChI is InChI=1S/C17H20N2O4S/c20-16-7-8-17(21)19(16)13-3-5-14(6-4-13)24(22,23)18-15-10-11-1-2-12(15)9-11/h3-6,11-12,15,18H,1-2,7-10H2/t11-,12+,15+/m0/s1. The molecule has 0 spiro atoms. The van der Waals surface area contributed by atoms with Gasteiger partial charge in [0, 0.05) is 18.9 Å². The largest absolute Gasteiger partial charge is 0.274 e. The monoisotopic (exact) mass is 348 g/mol. The molecule has 128 valence electrons. The van der Waals surface area contributed by atoms with E-state index in [-0.39, 0.29) is 35.6 Å². The number of nitrogens with zero attached hydrogens (tertiary/aromatic N) is 1. The number of hydrogen-bond donors (Lipinski definition) is 1. The van der Waals surface area contributed by atoms with E-state index in [2.05, 4.69) is 4.72 Å². The fourth-order valence-corrected chi connectivity index (χ4v) is 5.61. The molecular weight excluding hydrogens is 328 g/mol. The Morgan fingerprint density at radius 3 is 2.17 bits per heavy atom. The zero-order valence-electron chi connectivity index (χ0n) is 13.3. The second-order valence-electron chi connectivity index (χ2n) is 7.02. The predicted octanol–water partition coefficient (Wildman–Crippen LogP) is 1.81. The average molecular weight is 348 g/mol. The fourth-order valence-electron chi connectivity index (χ4n) is 4.30. The summed E-state index contributed by atoms with van der Waals surface area (Å²) >= 11 is 0. The van der Waals surface area contributed by atoms with Crippen molar-refractivity contribution in [3.8, 4) is 0 Å². The second-order valence-corrected chi connectivity index (χ2v) is 8.73. The van der Waals surface area contributed by atoms with Crippen molar-refractivity contribution in [2.24, 2.45) is 11.8 Å². The number of anilines is 1. The van der Waals surface area contributed by atoms with Gasteiger partial charge in [-0.05, 0) is 55.4 Å². The third-order valence-corrected chi connectivity index (χ3v) is 7.01. The molecule has 1 saturated heterocycles. The summed E-state index contributed by atoms with van der Waals surface area (Å²) in [6.07, 6.45) is 4.81. The normalized spacial score (nSPS) is 29.7. The lowest BCUT2D eigenvalue weighted by atomic mass is 9.96. The Kier molecular flexibility index (Phi) is 3.73. The molecule has 0 unspecified atom stereocenters. The molecule has 1 aromatic rings. The minimum atomic E-state index is -3.57. The lowest BCUT2D eigenvalue weighted by Crippen LogP contribution is -2.38. The van der Waals surface area contributed by atoms with Crippen molar-refractivity contribution in [2.75, 3.05) is 4.90 Å². The Labute approximate surface area is 141 Å². The van der Waals surface area contributed by atoms with Crippen molar-refractivity contribution in [2.45, 2.75) is 49.5 Å². The van der Waals surface area contributed by atoms with Crippen LogP contribution in [0.1, 0.15) is 38.5 Å². The van der Waals surface area contributed by atoms with E-state index in [1.165, 1.54) is 30.7 Å². The highest BCUT2D eigenvalue weighted by atomic mass is 32.2. The van der Waals surface area contributed by atoms with E-state index in [9.17, 15) is 18.0 Å². The maximum atomic E-state index is 12.6. The molecule has 24 heavy (non-hydrogen) atoms. The summed E-state index contributed by atoms with van der Waals surface area (Å²) < 4.78 is 28.0. The summed E-state index contributed by atoms with van der Waals surface area (Å²) in [5.74, 6) is 0.646. The van der Waals surface area contributed by atoms with Crippen molar-refractivity contribution >= 4 is 27.5 Å². The number of carbonyl (C=O) groups is 2. The predicted molar refractivity (Wildman–Crippen MR) is 87.7 cm³/mol. The van der Waals surface area contributed by atoms with Crippen LogP contribution in [0.25, 0.3) is 0 Å². The van der Waals surface area contributed by atoms with Gasteiger partial charge in [0.05, 0.1) is 10.6 Å². The molecule has 0 radical (unpaired) electrons. The van der Waals surface area contributed by atoms with Crippen LogP contribution in [0.15, 0.2) is 29.2 Å². The maximum Gasteiger partial charge on any atom is 0.240 e. The third-order valence-electron chi connectivity index (χ3n) is 5.50. The number of amides is 2. The first kappa shape index (κ1) is 15.8. The van der Waals surface area contributed by atoms with Crippen molar-refractivity contribution in [3.63, 3.8) is 0 Å². The summed E-state index contributed by atoms with van der Waals surface area (Å²) in [5, 5.41) is 0. The Morgan fingerprint density at radius 2 is 1.62 bits per heavy atom. The molecule has 3 fully saturated rings. The minimum absolute atomic E-state index is 0.0372. The Morgan fingerprint density at radius 1 is 0.958 bits per heavy atom. The zero-order chi connectivity index (χ0) is 16.9. The van der Waals surface area contributed by atoms with Crippen LogP contribution < -0.4 is 9.62 Å². The van der Waals surface area contributed by atoms with Crippen LogP contribution in [-0.2, 0) is 19.6 Å². The van der Waals surface area contributed by atoms with Crippen LogP contribution in [0.2, 0.25) is 0 Å². The Hall–Kier alpha value is -1.73. The van der Waals surface area contributed by atoms with Gasteiger partial charge >= 0.3 is 0 Å². The molecule has 0 aromatic heterocycles. The number of nitrogens with one attached hydrogen (secondary N) is 1. The zero-order valence-corrected chi connectivity index (χ0v) is 14.1. The van der Waals surface area contributed by atoms with Crippen molar-refractivity contribution in [3.05, 3.63) is 24.3 Å². The molecule has 3 aliphatic rings. The fraction of sp³-hybridized carbons (Fsp3) is 0.529. The van der Waals surface area contributed by atoms with E-state index in [1.54, 1.807) is 0 Å². The number of fused-ring (bicyclic) bond motifs is 2. The maximum absolute atomic E-state index is 12.6. The van der Waals surface area contributed by atoms with Crippen LogP contribution in [0, 0.1) is 11.8 Å². The van der Waals surface area contributed by atoms with Gasteiger partial charge in [0.25, 0.3) is 0 Å². The number of imide groups is 1. The van der Waals surface area contributed by atoms with Crippen molar-refractivity contribution in [1.29, 1.82) is 0 Å². The first-order chi connectivity index (χ1) is 11.4. The Bertz CT molecular complexity index is 771. The quantitative estimate of drug-likeness (QED) is 0.841. The molecule has 1 aliphatic heterocycles. The highest BCUT2D eigenvalue weighted by molar-refractivity contribution is 7.89. The van der Waals surface area contributed by atoms with Gasteiger partial charge in [-0.2, -0.15) is 0 Å². The van der Waals surface area contributed by atoms with Crippen LogP contribution in [-0.4, -0.2) is 26.3 Å². The number of sulfonamides is 1. The topological polar surface area (TPSA) is 83.6 Å². The first-order valence-corrected chi connectivity index (χ1v) is 9.90. The molecular formula is C17H20N2O4S. The van der Waals surface area contributed by atoms with Gasteiger partial charge < -0.3 is 0 Å². The number of rotatable bonds is 4. The van der Waals surface area contributed by atoms with Gasteiger partial charge in [-0.25, -0.2) is 13.1 Å². The van der Waals surface area contributed by atoms with E-state index in [0.29, 0.717) is 17.5 Å². The highest BCUT2D eigenvalue weighted by Gasteiger charge is 2.41. The summed E-state index contributed by atoms with van der Waals surface area (Å²) in [5.41, 5.74) is 0.432. The van der Waals surface area contributed by atoms with E-state index < -0.39 is 10.0 Å². The van der Waals surface area contributed by atoms with E-state index in [1.807, 2.05) is 0 Å². The van der Waals surface area contributed by atoms with Crippen LogP contribution in [0.4, 0.5) is 5.69 Å². The first-order valence-electron chi connectivity index (χ1n) is 8.42. The second kappa shape index (κ2) is 5.67. The van der Waals surface area contributed by atoms with Crippen LogP contribution >= 0.6 is 0 Å². The smallest absolute Gasteiger partial charge is 0.240 e. The molecule has 1 aromatic carbocycles. The van der Waals surface area contributed by atoms with Crippen LogP contribution in [0.3, 0.4) is 0 Å². The molecule has 4 rings (SSSR count). The van der Waals surface area contributed by atoms with Gasteiger partial charge in [-0.1, -0.05) is 6.42 Å². The highest BCUT2D eigenvalue weighted by Crippen LogP contribution is 2.44. The lowest BCUT2D eigenvalue weighted by Gasteiger charge is -2.23. The van der Waals surface area contributed by atoms with Crippen molar-refractivity contribution < 1.29 is 18.0 Å². The molecule has 3 atom stereocenters. The van der Waals surface area contributed by atoms with Gasteiger partial charge in [0.1, 0.15) is 0 Å². The SMILES string of the molecule is O=C1CCC(=O)N1c1ccc(S(=O)(=O)N[C@@H]2C[C@H]3CC[C@@H]2C3)cc1. The number of benzene rings is 1. The third kappa shape index (κ3) is 2.65.